The molecule has 0 saturated heterocycles. The van der Waals surface area contributed by atoms with Crippen molar-refractivity contribution in [3.8, 4) is 0 Å². The third-order valence-electron chi connectivity index (χ3n) is 2.19. The third-order valence-corrected chi connectivity index (χ3v) is 3.61. The van der Waals surface area contributed by atoms with Gasteiger partial charge in [0.15, 0.2) is 0 Å². The van der Waals surface area contributed by atoms with Crippen LogP contribution in [0.1, 0.15) is 5.56 Å². The Morgan fingerprint density at radius 2 is 2.11 bits per heavy atom. The maximum Gasteiger partial charge on any atom is 0.238 e. The van der Waals surface area contributed by atoms with Gasteiger partial charge in [0.25, 0.3) is 0 Å². The van der Waals surface area contributed by atoms with Crippen molar-refractivity contribution in [1.82, 2.24) is 9.97 Å². The molecule has 2 rings (SSSR count). The largest absolute Gasteiger partial charge is 0.399 e. The number of anilines is 2. The normalized spacial score (nSPS) is 11.2. The molecule has 100 valence electrons. The van der Waals surface area contributed by atoms with Crippen LogP contribution in [0.25, 0.3) is 0 Å². The highest BCUT2D eigenvalue weighted by Gasteiger charge is 2.13. The van der Waals surface area contributed by atoms with E-state index in [1.807, 2.05) is 0 Å². The molecule has 0 aliphatic carbocycles. The van der Waals surface area contributed by atoms with Crippen LogP contribution >= 0.6 is 11.6 Å². The van der Waals surface area contributed by atoms with Crippen molar-refractivity contribution in [1.29, 1.82) is 0 Å². The van der Waals surface area contributed by atoms with Gasteiger partial charge in [-0.05, 0) is 35.4 Å². The fourth-order valence-electron chi connectivity index (χ4n) is 1.49. The van der Waals surface area contributed by atoms with E-state index in [1.165, 1.54) is 12.3 Å². The Kier molecular flexibility index (Phi) is 3.87. The number of nitrogens with two attached hydrogens (primary N) is 1. The van der Waals surface area contributed by atoms with Crippen LogP contribution in [0.5, 0.6) is 0 Å². The van der Waals surface area contributed by atoms with Gasteiger partial charge in [0, 0.05) is 11.9 Å². The van der Waals surface area contributed by atoms with Crippen molar-refractivity contribution in [2.45, 2.75) is 5.75 Å². The highest BCUT2D eigenvalue weighted by atomic mass is 35.5. The molecule has 0 spiro atoms. The van der Waals surface area contributed by atoms with Crippen molar-refractivity contribution in [3.05, 3.63) is 47.4 Å². The lowest BCUT2D eigenvalue weighted by Gasteiger charge is -2.07. The van der Waals surface area contributed by atoms with Gasteiger partial charge in [-0.25, -0.2) is 13.4 Å². The van der Waals surface area contributed by atoms with Crippen LogP contribution in [0.15, 0.2) is 36.5 Å². The highest BCUT2D eigenvalue weighted by molar-refractivity contribution is 7.91. The van der Waals surface area contributed by atoms with E-state index < -0.39 is 10.0 Å². The van der Waals surface area contributed by atoms with E-state index in [-0.39, 0.29) is 16.9 Å². The van der Waals surface area contributed by atoms with Crippen LogP contribution < -0.4 is 10.5 Å². The number of hydrogen-bond acceptors (Lipinski definition) is 5. The van der Waals surface area contributed by atoms with Crippen molar-refractivity contribution >= 4 is 33.1 Å². The molecule has 0 aliphatic rings. The van der Waals surface area contributed by atoms with Crippen LogP contribution in [0.4, 0.5) is 11.5 Å². The number of nitrogen functional groups attached to an aromatic ring is 1. The molecule has 2 aromatic rings. The Morgan fingerprint density at radius 3 is 2.79 bits per heavy atom. The van der Waals surface area contributed by atoms with Gasteiger partial charge in [0.2, 0.25) is 15.3 Å². The zero-order valence-electron chi connectivity index (χ0n) is 9.75. The third kappa shape index (κ3) is 4.08. The summed E-state index contributed by atoms with van der Waals surface area (Å²) in [6, 6.07) is 8.09. The van der Waals surface area contributed by atoms with Crippen LogP contribution in [0, 0.1) is 0 Å². The highest BCUT2D eigenvalue weighted by Crippen LogP contribution is 2.13. The zero-order valence-corrected chi connectivity index (χ0v) is 11.3. The van der Waals surface area contributed by atoms with E-state index in [2.05, 4.69) is 14.7 Å². The number of sulfonamides is 1. The first-order valence-corrected chi connectivity index (χ1v) is 7.31. The van der Waals surface area contributed by atoms with E-state index in [0.29, 0.717) is 11.3 Å². The SMILES string of the molecule is Nc1cccc(CS(=O)(=O)Nc2ccnc(Cl)n2)c1. The van der Waals surface area contributed by atoms with Gasteiger partial charge in [-0.3, -0.25) is 4.72 Å². The van der Waals surface area contributed by atoms with Crippen LogP contribution in [0.2, 0.25) is 5.28 Å². The van der Waals surface area contributed by atoms with E-state index >= 15 is 0 Å². The minimum Gasteiger partial charge on any atom is -0.399 e. The summed E-state index contributed by atoms with van der Waals surface area (Å²) in [5.74, 6) is -0.0662. The number of nitrogens with zero attached hydrogens (tertiary/aromatic N) is 2. The molecular formula is C11H11ClN4O2S. The van der Waals surface area contributed by atoms with Crippen molar-refractivity contribution in [2.75, 3.05) is 10.5 Å². The minimum absolute atomic E-state index is 0.0239. The molecule has 1 aromatic carbocycles. The van der Waals surface area contributed by atoms with Gasteiger partial charge in [0.05, 0.1) is 5.75 Å². The molecule has 0 unspecified atom stereocenters. The average molecular weight is 299 g/mol. The fraction of sp³-hybridized carbons (Fsp3) is 0.0909. The van der Waals surface area contributed by atoms with Gasteiger partial charge < -0.3 is 5.73 Å². The Bertz CT molecular complexity index is 637. The molecule has 8 heteroatoms. The predicted molar refractivity (Wildman–Crippen MR) is 74.1 cm³/mol. The maximum atomic E-state index is 11.9. The summed E-state index contributed by atoms with van der Waals surface area (Å²) in [5, 5.41) is -0.0239. The molecule has 0 fully saturated rings. The summed E-state index contributed by atoms with van der Waals surface area (Å²) >= 11 is 5.58. The number of rotatable bonds is 4. The molecular weight excluding hydrogens is 288 g/mol. The number of halogens is 1. The van der Waals surface area contributed by atoms with Gasteiger partial charge in [-0.15, -0.1) is 0 Å². The summed E-state index contributed by atoms with van der Waals surface area (Å²) in [5.41, 5.74) is 6.70. The fourth-order valence-corrected chi connectivity index (χ4v) is 2.76. The van der Waals surface area contributed by atoms with Crippen LogP contribution in [-0.4, -0.2) is 18.4 Å². The summed E-state index contributed by atoms with van der Waals surface area (Å²) in [7, 11) is -3.58. The lowest BCUT2D eigenvalue weighted by atomic mass is 10.2. The van der Waals surface area contributed by atoms with Gasteiger partial charge in [-0.2, -0.15) is 4.98 Å². The Morgan fingerprint density at radius 1 is 1.32 bits per heavy atom. The van der Waals surface area contributed by atoms with Gasteiger partial charge >= 0.3 is 0 Å². The van der Waals surface area contributed by atoms with Crippen molar-refractivity contribution in [3.63, 3.8) is 0 Å². The zero-order chi connectivity index (χ0) is 13.9. The first kappa shape index (κ1) is 13.6. The summed E-state index contributed by atoms with van der Waals surface area (Å²) in [6.45, 7) is 0. The molecule has 0 atom stereocenters. The average Bonchev–Trinajstić information content (AvgIpc) is 2.27. The number of aromatic nitrogens is 2. The maximum absolute atomic E-state index is 11.9. The number of benzene rings is 1. The lowest BCUT2D eigenvalue weighted by Crippen LogP contribution is -2.16. The predicted octanol–water partition coefficient (Wildman–Crippen LogP) is 1.65. The molecule has 1 aromatic heterocycles. The van der Waals surface area contributed by atoms with Crippen LogP contribution in [-0.2, 0) is 15.8 Å². The molecule has 0 aliphatic heterocycles. The first-order chi connectivity index (χ1) is 8.94. The van der Waals surface area contributed by atoms with Gasteiger partial charge in [0.1, 0.15) is 5.82 Å². The topological polar surface area (TPSA) is 98.0 Å². The van der Waals surface area contributed by atoms with E-state index in [4.69, 9.17) is 17.3 Å². The van der Waals surface area contributed by atoms with Crippen molar-refractivity contribution in [2.24, 2.45) is 0 Å². The van der Waals surface area contributed by atoms with E-state index in [9.17, 15) is 8.42 Å². The Labute approximate surface area is 115 Å². The quantitative estimate of drug-likeness (QED) is 0.660. The van der Waals surface area contributed by atoms with Gasteiger partial charge in [-0.1, -0.05) is 12.1 Å². The summed E-state index contributed by atoms with van der Waals surface area (Å²) < 4.78 is 26.2. The number of nitrogens with one attached hydrogen (secondary N) is 1. The summed E-state index contributed by atoms with van der Waals surface area (Å²) in [4.78, 5) is 7.43. The molecule has 0 radical (unpaired) electrons. The second-order valence-corrected chi connectivity index (χ2v) is 5.88. The second kappa shape index (κ2) is 5.41. The molecule has 0 saturated carbocycles. The standard InChI is InChI=1S/C11H11ClN4O2S/c12-11-14-5-4-10(15-11)16-19(17,18)7-8-2-1-3-9(13)6-8/h1-6H,7,13H2,(H,14,15,16). The molecule has 1 heterocycles. The molecule has 6 nitrogen and oxygen atoms in total. The lowest BCUT2D eigenvalue weighted by molar-refractivity contribution is 0.600. The van der Waals surface area contributed by atoms with Crippen molar-refractivity contribution < 1.29 is 8.42 Å². The molecule has 19 heavy (non-hydrogen) atoms. The van der Waals surface area contributed by atoms with E-state index in [0.717, 1.165) is 0 Å². The molecule has 0 bridgehead atoms. The van der Waals surface area contributed by atoms with E-state index in [1.54, 1.807) is 24.3 Å². The Balaban J connectivity index is 2.15. The summed E-state index contributed by atoms with van der Waals surface area (Å²) in [6.07, 6.45) is 1.37. The number of hydrogen-bond donors (Lipinski definition) is 2. The smallest absolute Gasteiger partial charge is 0.238 e. The first-order valence-electron chi connectivity index (χ1n) is 5.28. The molecule has 0 amide bonds. The Hall–Kier alpha value is -1.86. The van der Waals surface area contributed by atoms with Crippen LogP contribution in [0.3, 0.4) is 0 Å². The monoisotopic (exact) mass is 298 g/mol. The second-order valence-electron chi connectivity index (χ2n) is 3.82. The minimum atomic E-state index is -3.58. The molecule has 3 N–H and O–H groups in total.